The Labute approximate surface area is 132 Å². The zero-order chi connectivity index (χ0) is 14.9. The summed E-state index contributed by atoms with van der Waals surface area (Å²) >= 11 is 6.19. The van der Waals surface area contributed by atoms with Crippen LogP contribution in [0.5, 0.6) is 0 Å². The zero-order valence-corrected chi connectivity index (χ0v) is 12.4. The molecule has 0 aliphatic rings. The maximum Gasteiger partial charge on any atom is 0.148 e. The molecule has 106 valence electrons. The van der Waals surface area contributed by atoms with Crippen molar-refractivity contribution in [2.75, 3.05) is 0 Å². The number of benzene rings is 2. The van der Waals surface area contributed by atoms with E-state index in [1.807, 2.05) is 71.4 Å². The molecule has 0 atom stereocenters. The number of fused-ring (bicyclic) bond motifs is 1. The topological polar surface area (TPSA) is 30.7 Å². The van der Waals surface area contributed by atoms with Crippen LogP contribution in [-0.2, 0) is 0 Å². The van der Waals surface area contributed by atoms with Gasteiger partial charge in [-0.05, 0) is 11.5 Å². The Morgan fingerprint density at radius 2 is 1.68 bits per heavy atom. The van der Waals surface area contributed by atoms with E-state index < -0.39 is 0 Å². The highest BCUT2D eigenvalue weighted by Gasteiger charge is 2.12. The van der Waals surface area contributed by atoms with Crippen molar-refractivity contribution in [1.82, 2.24) is 14.5 Å². The average Bonchev–Trinajstić information content (AvgIpc) is 3.04. The molecule has 0 aliphatic heterocycles. The summed E-state index contributed by atoms with van der Waals surface area (Å²) in [4.78, 5) is 9.00. The molecule has 4 aromatic rings. The molecular weight excluding hydrogens is 294 g/mol. The van der Waals surface area contributed by atoms with Crippen molar-refractivity contribution >= 4 is 22.4 Å². The van der Waals surface area contributed by atoms with Gasteiger partial charge < -0.3 is 0 Å². The molecule has 0 aliphatic carbocycles. The third-order valence-electron chi connectivity index (χ3n) is 3.59. The van der Waals surface area contributed by atoms with E-state index in [0.717, 1.165) is 28.0 Å². The van der Waals surface area contributed by atoms with Gasteiger partial charge in [-0.3, -0.25) is 4.57 Å². The third kappa shape index (κ3) is 2.16. The Kier molecular flexibility index (Phi) is 3.13. The van der Waals surface area contributed by atoms with Crippen LogP contribution in [0.2, 0.25) is 5.15 Å². The summed E-state index contributed by atoms with van der Waals surface area (Å²) in [6.07, 6.45) is 3.69. The number of imidazole rings is 1. The lowest BCUT2D eigenvalue weighted by atomic mass is 10.1. The third-order valence-corrected chi connectivity index (χ3v) is 3.78. The second kappa shape index (κ2) is 5.28. The Balaban J connectivity index is 2.00. The predicted octanol–water partition coefficient (Wildman–Crippen LogP) is 4.74. The highest BCUT2D eigenvalue weighted by molar-refractivity contribution is 6.30. The molecule has 0 bridgehead atoms. The van der Waals surface area contributed by atoms with Crippen molar-refractivity contribution in [2.24, 2.45) is 0 Å². The molecule has 0 unspecified atom stereocenters. The minimum absolute atomic E-state index is 0.474. The number of aromatic nitrogens is 3. The second-order valence-electron chi connectivity index (χ2n) is 4.98. The van der Waals surface area contributed by atoms with Gasteiger partial charge in [-0.1, -0.05) is 66.2 Å². The molecule has 4 rings (SSSR count). The summed E-state index contributed by atoms with van der Waals surface area (Å²) in [5, 5.41) is 2.58. The lowest BCUT2D eigenvalue weighted by Crippen LogP contribution is -2.00. The van der Waals surface area contributed by atoms with Crippen LogP contribution in [0, 0.1) is 0 Å². The van der Waals surface area contributed by atoms with Crippen LogP contribution >= 0.6 is 11.6 Å². The quantitative estimate of drug-likeness (QED) is 0.501. The highest BCUT2D eigenvalue weighted by Crippen LogP contribution is 2.27. The van der Waals surface area contributed by atoms with Crippen LogP contribution in [0.1, 0.15) is 0 Å². The number of halogens is 1. The Bertz CT molecular complexity index is 945. The largest absolute Gasteiger partial charge is 0.283 e. The van der Waals surface area contributed by atoms with Crippen LogP contribution in [0.4, 0.5) is 0 Å². The maximum atomic E-state index is 6.19. The summed E-state index contributed by atoms with van der Waals surface area (Å²) in [7, 11) is 0. The summed E-state index contributed by atoms with van der Waals surface area (Å²) in [6.45, 7) is 0. The average molecular weight is 306 g/mol. The molecule has 2 heterocycles. The van der Waals surface area contributed by atoms with Gasteiger partial charge in [-0.2, -0.15) is 0 Å². The minimum atomic E-state index is 0.474. The molecule has 0 spiro atoms. The van der Waals surface area contributed by atoms with Crippen molar-refractivity contribution in [3.05, 3.63) is 78.2 Å². The first-order valence-electron chi connectivity index (χ1n) is 6.97. The highest BCUT2D eigenvalue weighted by atomic mass is 35.5. The minimum Gasteiger partial charge on any atom is -0.283 e. The van der Waals surface area contributed by atoms with Crippen molar-refractivity contribution in [2.45, 2.75) is 0 Å². The lowest BCUT2D eigenvalue weighted by Gasteiger charge is -2.11. The summed E-state index contributed by atoms with van der Waals surface area (Å²) in [5.41, 5.74) is 1.04. The molecule has 2 aromatic heterocycles. The first-order chi connectivity index (χ1) is 10.8. The van der Waals surface area contributed by atoms with Gasteiger partial charge in [0.25, 0.3) is 0 Å². The Morgan fingerprint density at radius 3 is 2.55 bits per heavy atom. The van der Waals surface area contributed by atoms with Crippen molar-refractivity contribution in [3.63, 3.8) is 0 Å². The van der Waals surface area contributed by atoms with Gasteiger partial charge in [0, 0.05) is 23.3 Å². The van der Waals surface area contributed by atoms with Gasteiger partial charge >= 0.3 is 0 Å². The first kappa shape index (κ1) is 13.0. The Morgan fingerprint density at radius 1 is 0.909 bits per heavy atom. The van der Waals surface area contributed by atoms with E-state index in [4.69, 9.17) is 11.6 Å². The van der Waals surface area contributed by atoms with Gasteiger partial charge in [0.15, 0.2) is 0 Å². The smallest absolute Gasteiger partial charge is 0.148 e. The normalized spacial score (nSPS) is 11.0. The van der Waals surface area contributed by atoms with E-state index in [-0.39, 0.29) is 0 Å². The van der Waals surface area contributed by atoms with Crippen molar-refractivity contribution < 1.29 is 0 Å². The number of pyridine rings is 1. The SMILES string of the molecule is Clc1cc2ccccc2c(-n2ccnc2-c2ccccc2)n1. The standard InChI is InChI=1S/C18H12ClN3/c19-16-12-14-8-4-5-9-15(14)18(21-16)22-11-10-20-17(22)13-6-2-1-3-7-13/h1-12H. The molecule has 4 heteroatoms. The van der Waals surface area contributed by atoms with E-state index in [2.05, 4.69) is 9.97 Å². The molecule has 2 aromatic carbocycles. The van der Waals surface area contributed by atoms with E-state index in [1.165, 1.54) is 0 Å². The Hall–Kier alpha value is -2.65. The summed E-state index contributed by atoms with van der Waals surface area (Å²) < 4.78 is 1.98. The molecule has 0 fully saturated rings. The number of hydrogen-bond donors (Lipinski definition) is 0. The van der Waals surface area contributed by atoms with Crippen LogP contribution < -0.4 is 0 Å². The molecule has 0 saturated carbocycles. The zero-order valence-electron chi connectivity index (χ0n) is 11.6. The number of rotatable bonds is 2. The molecule has 3 nitrogen and oxygen atoms in total. The van der Waals surface area contributed by atoms with Crippen LogP contribution in [-0.4, -0.2) is 14.5 Å². The number of hydrogen-bond acceptors (Lipinski definition) is 2. The van der Waals surface area contributed by atoms with Gasteiger partial charge in [-0.25, -0.2) is 9.97 Å². The fourth-order valence-electron chi connectivity index (χ4n) is 2.61. The summed E-state index contributed by atoms with van der Waals surface area (Å²) in [6, 6.07) is 20.0. The van der Waals surface area contributed by atoms with Crippen molar-refractivity contribution in [3.8, 4) is 17.2 Å². The van der Waals surface area contributed by atoms with Crippen LogP contribution in [0.15, 0.2) is 73.1 Å². The molecule has 0 N–H and O–H groups in total. The van der Waals surface area contributed by atoms with Gasteiger partial charge in [0.2, 0.25) is 0 Å². The van der Waals surface area contributed by atoms with Crippen molar-refractivity contribution in [1.29, 1.82) is 0 Å². The van der Waals surface area contributed by atoms with Gasteiger partial charge in [0.1, 0.15) is 16.8 Å². The predicted molar refractivity (Wildman–Crippen MR) is 89.3 cm³/mol. The van der Waals surface area contributed by atoms with E-state index in [9.17, 15) is 0 Å². The molecular formula is C18H12ClN3. The van der Waals surface area contributed by atoms with Gasteiger partial charge in [0.05, 0.1) is 0 Å². The number of nitrogens with zero attached hydrogens (tertiary/aromatic N) is 3. The molecule has 0 saturated heterocycles. The molecule has 22 heavy (non-hydrogen) atoms. The fourth-order valence-corrected chi connectivity index (χ4v) is 2.80. The molecule has 0 amide bonds. The van der Waals surface area contributed by atoms with Crippen LogP contribution in [0.25, 0.3) is 28.0 Å². The second-order valence-corrected chi connectivity index (χ2v) is 5.36. The first-order valence-corrected chi connectivity index (χ1v) is 7.35. The van der Waals surface area contributed by atoms with E-state index >= 15 is 0 Å². The lowest BCUT2D eigenvalue weighted by molar-refractivity contribution is 1.02. The maximum absolute atomic E-state index is 6.19. The molecule has 0 radical (unpaired) electrons. The van der Waals surface area contributed by atoms with E-state index in [0.29, 0.717) is 5.15 Å². The van der Waals surface area contributed by atoms with Crippen LogP contribution in [0.3, 0.4) is 0 Å². The van der Waals surface area contributed by atoms with Gasteiger partial charge in [-0.15, -0.1) is 0 Å². The fraction of sp³-hybridized carbons (Fsp3) is 0. The summed E-state index contributed by atoms with van der Waals surface area (Å²) in [5.74, 6) is 1.64. The van der Waals surface area contributed by atoms with E-state index in [1.54, 1.807) is 6.20 Å². The monoisotopic (exact) mass is 305 g/mol.